The number of hydrogen-bond donors (Lipinski definition) is 1. The molecule has 1 atom stereocenters. The molecule has 0 bridgehead atoms. The van der Waals surface area contributed by atoms with Crippen molar-refractivity contribution in [2.75, 3.05) is 0 Å². The van der Waals surface area contributed by atoms with Crippen molar-refractivity contribution in [3.8, 4) is 5.75 Å². The summed E-state index contributed by atoms with van der Waals surface area (Å²) in [5, 5.41) is 0.809. The van der Waals surface area contributed by atoms with Crippen LogP contribution >= 0.6 is 47.2 Å². The average Bonchev–Trinajstić information content (AvgIpc) is 2.42. The van der Waals surface area contributed by atoms with Gasteiger partial charge in [-0.05, 0) is 29.8 Å². The molecule has 0 unspecified atom stereocenters. The fraction of sp³-hybridized carbons (Fsp3) is 0.143. The van der Waals surface area contributed by atoms with Gasteiger partial charge >= 0.3 is 6.36 Å². The van der Waals surface area contributed by atoms with E-state index >= 15 is 0 Å². The molecule has 0 aromatic heterocycles. The first-order valence-corrected chi connectivity index (χ1v) is 7.07. The molecule has 0 aliphatic rings. The quantitative estimate of drug-likeness (QED) is 0.633. The summed E-state index contributed by atoms with van der Waals surface area (Å²) < 4.78 is 40.2. The molecule has 2 N–H and O–H groups in total. The van der Waals surface area contributed by atoms with E-state index < -0.39 is 12.4 Å². The van der Waals surface area contributed by atoms with Gasteiger partial charge < -0.3 is 10.5 Å². The second-order valence-electron chi connectivity index (χ2n) is 4.35. The Morgan fingerprint density at radius 1 is 0.913 bits per heavy atom. The van der Waals surface area contributed by atoms with E-state index in [2.05, 4.69) is 4.74 Å². The zero-order valence-electron chi connectivity index (χ0n) is 11.2. The molecule has 0 spiro atoms. The monoisotopic (exact) mass is 405 g/mol. The number of rotatable bonds is 3. The van der Waals surface area contributed by atoms with E-state index in [1.54, 1.807) is 6.07 Å². The molecule has 0 saturated carbocycles. The second-order valence-corrected chi connectivity index (χ2v) is 5.54. The van der Waals surface area contributed by atoms with Crippen molar-refractivity contribution in [2.45, 2.75) is 12.4 Å². The topological polar surface area (TPSA) is 35.2 Å². The van der Waals surface area contributed by atoms with Gasteiger partial charge in [0.05, 0.1) is 16.1 Å². The Kier molecular flexibility index (Phi) is 6.86. The van der Waals surface area contributed by atoms with E-state index in [4.69, 9.17) is 40.5 Å². The van der Waals surface area contributed by atoms with Gasteiger partial charge in [-0.3, -0.25) is 0 Å². The minimum atomic E-state index is -4.75. The molecule has 23 heavy (non-hydrogen) atoms. The first-order valence-electron chi connectivity index (χ1n) is 5.93. The molecule has 0 amide bonds. The number of benzene rings is 2. The van der Waals surface area contributed by atoms with Gasteiger partial charge in [0.25, 0.3) is 0 Å². The molecule has 2 rings (SSSR count). The van der Waals surface area contributed by atoms with Crippen molar-refractivity contribution in [3.63, 3.8) is 0 Å². The summed E-state index contributed by atoms with van der Waals surface area (Å²) in [4.78, 5) is 0. The van der Waals surface area contributed by atoms with Crippen LogP contribution in [0.5, 0.6) is 5.75 Å². The van der Waals surface area contributed by atoms with E-state index in [0.29, 0.717) is 16.1 Å². The van der Waals surface area contributed by atoms with E-state index in [0.717, 1.165) is 12.1 Å². The maximum absolute atomic E-state index is 12.1. The maximum Gasteiger partial charge on any atom is 0.573 e. The zero-order valence-corrected chi connectivity index (χ0v) is 14.3. The van der Waals surface area contributed by atoms with Gasteiger partial charge in [-0.15, -0.1) is 25.6 Å². The highest BCUT2D eigenvalue weighted by molar-refractivity contribution is 6.44. The molecule has 0 fully saturated rings. The number of nitrogens with two attached hydrogens (primary N) is 1. The van der Waals surface area contributed by atoms with Gasteiger partial charge in [-0.25, -0.2) is 0 Å². The Morgan fingerprint density at radius 3 is 1.96 bits per heavy atom. The van der Waals surface area contributed by atoms with Gasteiger partial charge in [-0.1, -0.05) is 46.9 Å². The Bertz CT molecular complexity index is 677. The largest absolute Gasteiger partial charge is 0.573 e. The Labute approximate surface area is 151 Å². The zero-order chi connectivity index (χ0) is 16.5. The van der Waals surface area contributed by atoms with Crippen LogP contribution in [0, 0.1) is 0 Å². The highest BCUT2D eigenvalue weighted by atomic mass is 35.5. The van der Waals surface area contributed by atoms with Crippen LogP contribution in [0.25, 0.3) is 0 Å². The number of hydrogen-bond acceptors (Lipinski definition) is 2. The van der Waals surface area contributed by atoms with Gasteiger partial charge in [0, 0.05) is 10.6 Å². The van der Waals surface area contributed by atoms with Crippen LogP contribution in [0.1, 0.15) is 17.2 Å². The molecule has 2 aromatic rings. The predicted molar refractivity (Wildman–Crippen MR) is 87.9 cm³/mol. The summed E-state index contributed by atoms with van der Waals surface area (Å²) in [6, 6.07) is 7.47. The Hall–Kier alpha value is -0.850. The highest BCUT2D eigenvalue weighted by Gasteiger charge is 2.31. The van der Waals surface area contributed by atoms with E-state index in [1.165, 1.54) is 18.2 Å². The molecule has 2 aromatic carbocycles. The lowest BCUT2D eigenvalue weighted by Gasteiger charge is -2.17. The lowest BCUT2D eigenvalue weighted by Crippen LogP contribution is -2.17. The normalized spacial score (nSPS) is 12.5. The van der Waals surface area contributed by atoms with Crippen molar-refractivity contribution in [1.82, 2.24) is 0 Å². The van der Waals surface area contributed by atoms with Gasteiger partial charge in [0.1, 0.15) is 5.75 Å². The number of halogens is 7. The van der Waals surface area contributed by atoms with Crippen LogP contribution in [0.3, 0.4) is 0 Å². The Morgan fingerprint density at radius 2 is 1.43 bits per heavy atom. The summed E-state index contributed by atoms with van der Waals surface area (Å²) >= 11 is 18.1. The predicted octanol–water partition coefficient (Wildman–Crippen LogP) is 6.02. The smallest absolute Gasteiger partial charge is 0.406 e. The molecular formula is C14H10Cl4F3NO. The van der Waals surface area contributed by atoms with Crippen LogP contribution in [0.2, 0.25) is 15.1 Å². The first kappa shape index (κ1) is 20.2. The van der Waals surface area contributed by atoms with E-state index in [9.17, 15) is 13.2 Å². The second kappa shape index (κ2) is 7.81. The van der Waals surface area contributed by atoms with Crippen LogP contribution in [-0.2, 0) is 0 Å². The molecule has 9 heteroatoms. The van der Waals surface area contributed by atoms with Crippen molar-refractivity contribution < 1.29 is 17.9 Å². The summed E-state index contributed by atoms with van der Waals surface area (Å²) in [7, 11) is 0. The molecule has 126 valence electrons. The molecular weight excluding hydrogens is 397 g/mol. The third-order valence-corrected chi connectivity index (χ3v) is 4.01. The summed E-state index contributed by atoms with van der Waals surface area (Å²) in [5.74, 6) is -0.341. The minimum absolute atomic E-state index is 0. The third kappa shape index (κ3) is 5.06. The van der Waals surface area contributed by atoms with Gasteiger partial charge in [-0.2, -0.15) is 0 Å². The Balaban J connectivity index is 0.00000264. The van der Waals surface area contributed by atoms with Crippen molar-refractivity contribution in [1.29, 1.82) is 0 Å². The molecule has 0 aliphatic carbocycles. The van der Waals surface area contributed by atoms with E-state index in [1.807, 2.05) is 0 Å². The van der Waals surface area contributed by atoms with Crippen LogP contribution in [0.4, 0.5) is 13.2 Å². The van der Waals surface area contributed by atoms with Gasteiger partial charge in [0.2, 0.25) is 0 Å². The maximum atomic E-state index is 12.1. The van der Waals surface area contributed by atoms with Crippen molar-refractivity contribution in [2.24, 2.45) is 5.73 Å². The molecule has 0 saturated heterocycles. The lowest BCUT2D eigenvalue weighted by atomic mass is 9.99. The van der Waals surface area contributed by atoms with Crippen molar-refractivity contribution >= 4 is 47.2 Å². The SMILES string of the molecule is Cl.N[C@@H](c1ccc(OC(F)(F)F)cc1)c1c(Cl)ccc(Cl)c1Cl. The molecule has 0 aliphatic heterocycles. The summed E-state index contributed by atoms with van der Waals surface area (Å²) in [5.41, 5.74) is 6.99. The highest BCUT2D eigenvalue weighted by Crippen LogP contribution is 2.37. The lowest BCUT2D eigenvalue weighted by molar-refractivity contribution is -0.274. The number of alkyl halides is 3. The standard InChI is InChI=1S/C14H9Cl3F3NO.ClH/c15-9-5-6-10(16)12(17)11(9)13(21)7-1-3-8(4-2-7)22-14(18,19)20;/h1-6,13H,21H2;1H/t13-;/m0./s1. The van der Waals surface area contributed by atoms with Crippen LogP contribution < -0.4 is 10.5 Å². The molecule has 0 heterocycles. The fourth-order valence-electron chi connectivity index (χ4n) is 1.87. The minimum Gasteiger partial charge on any atom is -0.406 e. The van der Waals surface area contributed by atoms with Crippen molar-refractivity contribution in [3.05, 3.63) is 62.6 Å². The first-order chi connectivity index (χ1) is 10.2. The fourth-order valence-corrected chi connectivity index (χ4v) is 2.64. The average molecular weight is 407 g/mol. The van der Waals surface area contributed by atoms with E-state index in [-0.39, 0.29) is 28.2 Å². The van der Waals surface area contributed by atoms with Crippen LogP contribution in [0.15, 0.2) is 36.4 Å². The molecule has 0 radical (unpaired) electrons. The van der Waals surface area contributed by atoms with Crippen LogP contribution in [-0.4, -0.2) is 6.36 Å². The number of ether oxygens (including phenoxy) is 1. The third-order valence-electron chi connectivity index (χ3n) is 2.86. The summed E-state index contributed by atoms with van der Waals surface area (Å²) in [6.45, 7) is 0. The van der Waals surface area contributed by atoms with Gasteiger partial charge in [0.15, 0.2) is 0 Å². The summed E-state index contributed by atoms with van der Waals surface area (Å²) in [6.07, 6.45) is -4.75. The molecule has 2 nitrogen and oxygen atoms in total.